The summed E-state index contributed by atoms with van der Waals surface area (Å²) in [6.45, 7) is 5.40. The molecule has 0 radical (unpaired) electrons. The fraction of sp³-hybridized carbons (Fsp3) is 0.303. The van der Waals surface area contributed by atoms with Gasteiger partial charge in [0.2, 0.25) is 0 Å². The van der Waals surface area contributed by atoms with E-state index < -0.39 is 12.1 Å². The van der Waals surface area contributed by atoms with Crippen molar-refractivity contribution in [3.8, 4) is 11.1 Å². The van der Waals surface area contributed by atoms with E-state index in [-0.39, 0.29) is 12.0 Å². The maximum atomic E-state index is 10.8. The lowest BCUT2D eigenvalue weighted by Crippen LogP contribution is -2.46. The number of aryl methyl sites for hydroxylation is 1. The van der Waals surface area contributed by atoms with Gasteiger partial charge in [0.1, 0.15) is 0 Å². The van der Waals surface area contributed by atoms with E-state index in [4.69, 9.17) is 5.11 Å². The maximum absolute atomic E-state index is 10.8. The van der Waals surface area contributed by atoms with Crippen LogP contribution in [-0.2, 0) is 17.6 Å². The molecule has 204 valence electrons. The third-order valence-electron chi connectivity index (χ3n) is 6.75. The Kier molecular flexibility index (Phi) is 9.81. The van der Waals surface area contributed by atoms with E-state index in [0.29, 0.717) is 19.5 Å². The molecule has 0 saturated carbocycles. The number of β-amino-alcohol motifs (C(OH)–C–C–N with tert-alkyl or cyclic N) is 1. The second kappa shape index (κ2) is 13.3. The second-order valence-corrected chi connectivity index (χ2v) is 12.1. The molecular formula is C33H38N2O3S. The fourth-order valence-electron chi connectivity index (χ4n) is 4.74. The van der Waals surface area contributed by atoms with E-state index in [1.165, 1.54) is 16.3 Å². The molecule has 1 unspecified atom stereocenters. The van der Waals surface area contributed by atoms with Gasteiger partial charge in [-0.1, -0.05) is 78.9 Å². The van der Waals surface area contributed by atoms with Gasteiger partial charge in [0.05, 0.1) is 6.10 Å². The monoisotopic (exact) mass is 542 g/mol. The number of hydrogen-bond donors (Lipinski definition) is 3. The number of carbonyl (C=O) groups is 1. The van der Waals surface area contributed by atoms with E-state index in [0.717, 1.165) is 28.0 Å². The van der Waals surface area contributed by atoms with Crippen molar-refractivity contribution in [1.29, 1.82) is 0 Å². The second-order valence-electron chi connectivity index (χ2n) is 10.8. The summed E-state index contributed by atoms with van der Waals surface area (Å²) in [5.74, 6) is -0.779. The van der Waals surface area contributed by atoms with E-state index in [2.05, 4.69) is 84.1 Å². The number of carboxylic acid groups (broad SMARTS) is 1. The first-order chi connectivity index (χ1) is 18.7. The molecule has 39 heavy (non-hydrogen) atoms. The Balaban J connectivity index is 1.26. The fourth-order valence-corrected chi connectivity index (χ4v) is 5.67. The van der Waals surface area contributed by atoms with Crippen LogP contribution in [0.4, 0.5) is 0 Å². The van der Waals surface area contributed by atoms with Crippen molar-refractivity contribution in [1.82, 2.24) is 9.62 Å². The average molecular weight is 543 g/mol. The standard InChI is InChI=1S/C33H38N2O3S/c1-33(2,21-25-13-17-26-7-4-5-8-28(26)19-25)34-22-30(36)23-35(3)39-31-10-6-9-29(20-31)27-15-11-24(12-16-27)14-18-32(37)38/h4-13,15-17,19-20,30,34,36H,14,18,21-23H2,1-3H3,(H,37,38). The molecule has 0 aliphatic heterocycles. The summed E-state index contributed by atoms with van der Waals surface area (Å²) in [5.41, 5.74) is 4.36. The molecule has 0 bridgehead atoms. The van der Waals surface area contributed by atoms with Crippen LogP contribution < -0.4 is 5.32 Å². The van der Waals surface area contributed by atoms with Gasteiger partial charge in [-0.05, 0) is 90.8 Å². The van der Waals surface area contributed by atoms with Crippen LogP contribution in [0.5, 0.6) is 0 Å². The van der Waals surface area contributed by atoms with E-state index >= 15 is 0 Å². The maximum Gasteiger partial charge on any atom is 0.303 e. The van der Waals surface area contributed by atoms with E-state index in [1.807, 2.05) is 37.4 Å². The molecule has 0 fully saturated rings. The highest BCUT2D eigenvalue weighted by Gasteiger charge is 2.20. The molecular weight excluding hydrogens is 504 g/mol. The van der Waals surface area contributed by atoms with Crippen LogP contribution in [0.2, 0.25) is 0 Å². The number of fused-ring (bicyclic) bond motifs is 1. The first-order valence-corrected chi connectivity index (χ1v) is 14.2. The van der Waals surface area contributed by atoms with Gasteiger partial charge in [-0.3, -0.25) is 4.79 Å². The summed E-state index contributed by atoms with van der Waals surface area (Å²) in [6, 6.07) is 31.4. The minimum atomic E-state index is -0.779. The van der Waals surface area contributed by atoms with Crippen molar-refractivity contribution in [2.24, 2.45) is 0 Å². The number of likely N-dealkylation sites (N-methyl/N-ethyl adjacent to an activating group) is 1. The lowest BCUT2D eigenvalue weighted by atomic mass is 9.93. The number of aliphatic carboxylic acids is 1. The number of nitrogens with one attached hydrogen (secondary N) is 1. The molecule has 3 N–H and O–H groups in total. The minimum Gasteiger partial charge on any atom is -0.481 e. The van der Waals surface area contributed by atoms with Crippen molar-refractivity contribution in [2.75, 3.05) is 20.1 Å². The van der Waals surface area contributed by atoms with Crippen LogP contribution in [0.25, 0.3) is 21.9 Å². The first-order valence-electron chi connectivity index (χ1n) is 13.4. The zero-order chi connectivity index (χ0) is 27.8. The summed E-state index contributed by atoms with van der Waals surface area (Å²) >= 11 is 1.61. The van der Waals surface area contributed by atoms with Crippen LogP contribution in [0, 0.1) is 0 Å². The Hall–Kier alpha value is -3.16. The lowest BCUT2D eigenvalue weighted by molar-refractivity contribution is -0.136. The molecule has 0 aliphatic rings. The number of nitrogens with zero attached hydrogens (tertiary/aromatic N) is 1. The van der Waals surface area contributed by atoms with Crippen molar-refractivity contribution in [3.63, 3.8) is 0 Å². The summed E-state index contributed by atoms with van der Waals surface area (Å²) in [4.78, 5) is 11.9. The Morgan fingerprint density at radius 2 is 1.62 bits per heavy atom. The van der Waals surface area contributed by atoms with Crippen LogP contribution >= 0.6 is 11.9 Å². The highest BCUT2D eigenvalue weighted by molar-refractivity contribution is 7.97. The zero-order valence-corrected chi connectivity index (χ0v) is 23.7. The quantitative estimate of drug-likeness (QED) is 0.169. The van der Waals surface area contributed by atoms with Gasteiger partial charge in [-0.2, -0.15) is 0 Å². The SMILES string of the molecule is CN(CC(O)CNC(C)(C)Cc1ccc2ccccc2c1)Sc1cccc(-c2ccc(CCC(=O)O)cc2)c1. The van der Waals surface area contributed by atoms with Crippen molar-refractivity contribution in [2.45, 2.75) is 49.6 Å². The number of carboxylic acids is 1. The molecule has 0 spiro atoms. The predicted molar refractivity (Wildman–Crippen MR) is 162 cm³/mol. The number of aliphatic hydroxyl groups excluding tert-OH is 1. The number of rotatable bonds is 13. The van der Waals surface area contributed by atoms with Crippen LogP contribution in [0.1, 0.15) is 31.4 Å². The lowest BCUT2D eigenvalue weighted by Gasteiger charge is -2.29. The summed E-state index contributed by atoms with van der Waals surface area (Å²) < 4.78 is 2.07. The third kappa shape index (κ3) is 8.94. The highest BCUT2D eigenvalue weighted by atomic mass is 32.2. The molecule has 0 aliphatic carbocycles. The average Bonchev–Trinajstić information content (AvgIpc) is 2.91. The molecule has 0 heterocycles. The largest absolute Gasteiger partial charge is 0.481 e. The van der Waals surface area contributed by atoms with Gasteiger partial charge in [0.25, 0.3) is 0 Å². The molecule has 1 atom stereocenters. The van der Waals surface area contributed by atoms with E-state index in [9.17, 15) is 9.90 Å². The molecule has 5 nitrogen and oxygen atoms in total. The summed E-state index contributed by atoms with van der Waals surface area (Å²) in [7, 11) is 2.00. The van der Waals surface area contributed by atoms with Gasteiger partial charge in [-0.25, -0.2) is 4.31 Å². The third-order valence-corrected chi connectivity index (χ3v) is 7.68. The van der Waals surface area contributed by atoms with Gasteiger partial charge in [0, 0.05) is 29.9 Å². The van der Waals surface area contributed by atoms with Gasteiger partial charge in [0.15, 0.2) is 0 Å². The first kappa shape index (κ1) is 28.8. The normalized spacial score (nSPS) is 12.6. The highest BCUT2D eigenvalue weighted by Crippen LogP contribution is 2.28. The molecule has 0 saturated heterocycles. The number of hydrogen-bond acceptors (Lipinski definition) is 5. The molecule has 4 aromatic carbocycles. The minimum absolute atomic E-state index is 0.140. The molecule has 6 heteroatoms. The molecule has 0 aromatic heterocycles. The van der Waals surface area contributed by atoms with Crippen molar-refractivity contribution in [3.05, 3.63) is 102 Å². The molecule has 4 rings (SSSR count). The Morgan fingerprint density at radius 3 is 2.36 bits per heavy atom. The Labute approximate surface area is 236 Å². The van der Waals surface area contributed by atoms with Gasteiger partial charge in [-0.15, -0.1) is 0 Å². The smallest absolute Gasteiger partial charge is 0.303 e. The topological polar surface area (TPSA) is 72.8 Å². The van der Waals surface area contributed by atoms with Gasteiger partial charge < -0.3 is 15.5 Å². The van der Waals surface area contributed by atoms with Crippen molar-refractivity contribution < 1.29 is 15.0 Å². The van der Waals surface area contributed by atoms with E-state index in [1.54, 1.807) is 11.9 Å². The summed E-state index contributed by atoms with van der Waals surface area (Å²) in [6.07, 6.45) is 1.05. The number of aliphatic hydroxyl groups is 1. The molecule has 0 amide bonds. The molecule has 4 aromatic rings. The van der Waals surface area contributed by atoms with Crippen LogP contribution in [-0.4, -0.2) is 52.3 Å². The number of benzene rings is 4. The Morgan fingerprint density at radius 1 is 0.897 bits per heavy atom. The van der Waals surface area contributed by atoms with Crippen molar-refractivity contribution >= 4 is 28.7 Å². The van der Waals surface area contributed by atoms with Crippen LogP contribution in [0.3, 0.4) is 0 Å². The van der Waals surface area contributed by atoms with Gasteiger partial charge >= 0.3 is 5.97 Å². The van der Waals surface area contributed by atoms with Crippen LogP contribution in [0.15, 0.2) is 95.9 Å². The Bertz CT molecular complexity index is 1390. The predicted octanol–water partition coefficient (Wildman–Crippen LogP) is 6.43. The summed E-state index contributed by atoms with van der Waals surface area (Å²) in [5, 5.41) is 25.7. The zero-order valence-electron chi connectivity index (χ0n) is 22.9.